The smallest absolute Gasteiger partial charge is 0.416 e. The van der Waals surface area contributed by atoms with Gasteiger partial charge >= 0.3 is 6.09 Å². The van der Waals surface area contributed by atoms with E-state index >= 15 is 0 Å². The average Bonchev–Trinajstić information content (AvgIpc) is 3.34. The number of cyclic esters (lactones) is 1. The zero-order valence-corrected chi connectivity index (χ0v) is 15.9. The first-order valence-electron chi connectivity index (χ1n) is 10.2. The van der Waals surface area contributed by atoms with Gasteiger partial charge in [0.1, 0.15) is 6.61 Å². The number of rotatable bonds is 10. The molecule has 0 bridgehead atoms. The fraction of sp³-hybridized carbons (Fsp3) is 0.636. The van der Waals surface area contributed by atoms with Crippen molar-refractivity contribution in [2.45, 2.75) is 70.8 Å². The Hall–Kier alpha value is -1.84. The Labute approximate surface area is 156 Å². The number of hydrogen-bond donors (Lipinski definition) is 0. The molecule has 3 rings (SSSR count). The topological polar surface area (TPSA) is 46.6 Å². The van der Waals surface area contributed by atoms with Crippen molar-refractivity contribution in [3.8, 4) is 0 Å². The minimum Gasteiger partial charge on any atom is -0.447 e. The quantitative estimate of drug-likeness (QED) is 0.556. The monoisotopic (exact) mass is 357 g/mol. The van der Waals surface area contributed by atoms with E-state index in [1.807, 2.05) is 30.3 Å². The Balaban J connectivity index is 1.45. The molecule has 0 N–H and O–H groups in total. The number of carbonyl (C=O) groups excluding carboxylic acids is 2. The maximum Gasteiger partial charge on any atom is 0.416 e. The Morgan fingerprint density at radius 3 is 2.62 bits per heavy atom. The van der Waals surface area contributed by atoms with Crippen molar-refractivity contribution in [2.24, 2.45) is 11.8 Å². The van der Waals surface area contributed by atoms with Crippen LogP contribution in [0.1, 0.15) is 63.9 Å². The second-order valence-electron chi connectivity index (χ2n) is 7.79. The van der Waals surface area contributed by atoms with Crippen LogP contribution in [0.15, 0.2) is 30.3 Å². The lowest BCUT2D eigenvalue weighted by atomic mass is 10.0. The van der Waals surface area contributed by atoms with Gasteiger partial charge < -0.3 is 4.74 Å². The van der Waals surface area contributed by atoms with Crippen molar-refractivity contribution in [3.05, 3.63) is 35.9 Å². The normalized spacial score (nSPS) is 24.6. The molecule has 2 fully saturated rings. The van der Waals surface area contributed by atoms with Crippen molar-refractivity contribution in [3.63, 3.8) is 0 Å². The van der Waals surface area contributed by atoms with E-state index in [1.54, 1.807) is 0 Å². The maximum absolute atomic E-state index is 12.8. The van der Waals surface area contributed by atoms with Gasteiger partial charge in [-0.25, -0.2) is 9.69 Å². The highest BCUT2D eigenvalue weighted by atomic mass is 16.6. The van der Waals surface area contributed by atoms with E-state index in [9.17, 15) is 9.59 Å². The molecule has 1 saturated carbocycles. The van der Waals surface area contributed by atoms with E-state index in [0.29, 0.717) is 18.9 Å². The fourth-order valence-corrected chi connectivity index (χ4v) is 4.00. The largest absolute Gasteiger partial charge is 0.447 e. The van der Waals surface area contributed by atoms with Crippen LogP contribution in [0, 0.1) is 11.8 Å². The molecule has 142 valence electrons. The zero-order chi connectivity index (χ0) is 18.4. The number of ether oxygens (including phenoxy) is 1. The standard InChI is InChI=1S/C22H31NO3/c1-2-3-4-5-6-10-13-18-15-20(18)21(24)23-19(16-26-22(23)25)14-17-11-8-7-9-12-17/h7-9,11-12,18-20H,2-6,10,13-16H2,1H3/t18-,19-,20+/m0/s1. The van der Waals surface area contributed by atoms with Crippen LogP contribution in [0.3, 0.4) is 0 Å². The van der Waals surface area contributed by atoms with E-state index in [0.717, 1.165) is 18.4 Å². The molecule has 1 aliphatic heterocycles. The predicted octanol–water partition coefficient (Wildman–Crippen LogP) is 4.96. The van der Waals surface area contributed by atoms with Gasteiger partial charge in [0.15, 0.2) is 0 Å². The summed E-state index contributed by atoms with van der Waals surface area (Å²) < 4.78 is 5.19. The lowest BCUT2D eigenvalue weighted by molar-refractivity contribution is -0.130. The molecule has 3 atom stereocenters. The molecule has 2 amide bonds. The van der Waals surface area contributed by atoms with Crippen molar-refractivity contribution in [1.29, 1.82) is 0 Å². The Bertz CT molecular complexity index is 601. The number of nitrogens with zero attached hydrogens (tertiary/aromatic N) is 1. The highest BCUT2D eigenvalue weighted by Gasteiger charge is 2.49. The lowest BCUT2D eigenvalue weighted by Crippen LogP contribution is -2.41. The molecule has 1 aromatic rings. The highest BCUT2D eigenvalue weighted by Crippen LogP contribution is 2.44. The van der Waals surface area contributed by atoms with Crippen molar-refractivity contribution >= 4 is 12.0 Å². The second-order valence-corrected chi connectivity index (χ2v) is 7.79. The molecule has 0 unspecified atom stereocenters. The van der Waals surface area contributed by atoms with Crippen molar-refractivity contribution < 1.29 is 14.3 Å². The number of imide groups is 1. The van der Waals surface area contributed by atoms with Crippen LogP contribution >= 0.6 is 0 Å². The Morgan fingerprint density at radius 2 is 1.85 bits per heavy atom. The van der Waals surface area contributed by atoms with E-state index in [4.69, 9.17) is 4.74 Å². The molecule has 2 aliphatic rings. The molecule has 4 heteroatoms. The SMILES string of the molecule is CCCCCCCC[C@H]1C[C@H]1C(=O)N1C(=O)OC[C@@H]1Cc1ccccc1. The van der Waals surface area contributed by atoms with Crippen LogP contribution in [-0.4, -0.2) is 29.5 Å². The predicted molar refractivity (Wildman–Crippen MR) is 102 cm³/mol. The summed E-state index contributed by atoms with van der Waals surface area (Å²) in [6, 6.07) is 9.84. The van der Waals surface area contributed by atoms with Gasteiger partial charge in [0.05, 0.1) is 6.04 Å². The summed E-state index contributed by atoms with van der Waals surface area (Å²) in [6.45, 7) is 2.54. The van der Waals surface area contributed by atoms with Gasteiger partial charge in [0.25, 0.3) is 0 Å². The third-order valence-corrected chi connectivity index (χ3v) is 5.68. The lowest BCUT2D eigenvalue weighted by Gasteiger charge is -2.19. The summed E-state index contributed by atoms with van der Waals surface area (Å²) in [6.07, 6.45) is 9.97. The van der Waals surface area contributed by atoms with Gasteiger partial charge in [-0.3, -0.25) is 4.79 Å². The van der Waals surface area contributed by atoms with Crippen LogP contribution in [0.2, 0.25) is 0 Å². The average molecular weight is 357 g/mol. The number of carbonyl (C=O) groups is 2. The van der Waals surface area contributed by atoms with Gasteiger partial charge in [-0.2, -0.15) is 0 Å². The Morgan fingerprint density at radius 1 is 1.12 bits per heavy atom. The van der Waals surface area contributed by atoms with E-state index < -0.39 is 6.09 Å². The van der Waals surface area contributed by atoms with Crippen LogP contribution in [0.4, 0.5) is 4.79 Å². The number of unbranched alkanes of at least 4 members (excludes halogenated alkanes) is 5. The third-order valence-electron chi connectivity index (χ3n) is 5.68. The number of amides is 2. The molecule has 1 aliphatic carbocycles. The Kier molecular flexibility index (Phi) is 6.70. The second kappa shape index (κ2) is 9.20. The summed E-state index contributed by atoms with van der Waals surface area (Å²) in [5.74, 6) is 0.499. The van der Waals surface area contributed by atoms with Crippen molar-refractivity contribution in [2.75, 3.05) is 6.61 Å². The summed E-state index contributed by atoms with van der Waals surface area (Å²) >= 11 is 0. The summed E-state index contributed by atoms with van der Waals surface area (Å²) in [5.41, 5.74) is 1.13. The first kappa shape index (κ1) is 18.9. The minimum absolute atomic E-state index is 0.00980. The summed E-state index contributed by atoms with van der Waals surface area (Å²) in [5, 5.41) is 0. The third kappa shape index (κ3) is 4.87. The number of benzene rings is 1. The molecular weight excluding hydrogens is 326 g/mol. The molecule has 4 nitrogen and oxygen atoms in total. The first-order valence-corrected chi connectivity index (χ1v) is 10.2. The molecule has 0 aromatic heterocycles. The molecule has 1 saturated heterocycles. The van der Waals surface area contributed by atoms with Gasteiger partial charge in [-0.05, 0) is 30.7 Å². The summed E-state index contributed by atoms with van der Waals surface area (Å²) in [4.78, 5) is 26.3. The number of hydrogen-bond acceptors (Lipinski definition) is 3. The maximum atomic E-state index is 12.8. The zero-order valence-electron chi connectivity index (χ0n) is 15.9. The van der Waals surface area contributed by atoms with Gasteiger partial charge in [0.2, 0.25) is 5.91 Å². The van der Waals surface area contributed by atoms with E-state index in [2.05, 4.69) is 6.92 Å². The minimum atomic E-state index is -0.457. The highest BCUT2D eigenvalue weighted by molar-refractivity contribution is 5.96. The van der Waals surface area contributed by atoms with Gasteiger partial charge in [-0.1, -0.05) is 75.8 Å². The fourth-order valence-electron chi connectivity index (χ4n) is 4.00. The summed E-state index contributed by atoms with van der Waals surface area (Å²) in [7, 11) is 0. The van der Waals surface area contributed by atoms with Crippen LogP contribution in [-0.2, 0) is 16.0 Å². The van der Waals surface area contributed by atoms with Crippen LogP contribution < -0.4 is 0 Å². The molecular formula is C22H31NO3. The van der Waals surface area contributed by atoms with Crippen LogP contribution in [0.5, 0.6) is 0 Å². The first-order chi connectivity index (χ1) is 12.7. The van der Waals surface area contributed by atoms with Gasteiger partial charge in [0, 0.05) is 5.92 Å². The van der Waals surface area contributed by atoms with E-state index in [1.165, 1.54) is 43.4 Å². The van der Waals surface area contributed by atoms with Gasteiger partial charge in [-0.15, -0.1) is 0 Å². The molecule has 26 heavy (non-hydrogen) atoms. The molecule has 1 aromatic carbocycles. The van der Waals surface area contributed by atoms with Crippen LogP contribution in [0.25, 0.3) is 0 Å². The van der Waals surface area contributed by atoms with Crippen molar-refractivity contribution in [1.82, 2.24) is 4.90 Å². The molecule has 1 heterocycles. The molecule has 0 spiro atoms. The molecule has 0 radical (unpaired) electrons. The van der Waals surface area contributed by atoms with E-state index in [-0.39, 0.29) is 17.9 Å².